The zero-order valence-electron chi connectivity index (χ0n) is 11.3. The maximum atomic E-state index is 12.8. The summed E-state index contributed by atoms with van der Waals surface area (Å²) in [6.07, 6.45) is -3.43. The van der Waals surface area contributed by atoms with Gasteiger partial charge in [0.05, 0.1) is 16.3 Å². The van der Waals surface area contributed by atoms with Crippen LogP contribution in [0.25, 0.3) is 0 Å². The van der Waals surface area contributed by atoms with Gasteiger partial charge in [0.1, 0.15) is 6.33 Å². The zero-order valence-corrected chi connectivity index (χ0v) is 12.0. The summed E-state index contributed by atoms with van der Waals surface area (Å²) >= 11 is 5.56. The fraction of sp³-hybridized carbons (Fsp3) is 0.214. The summed E-state index contributed by atoms with van der Waals surface area (Å²) in [5.74, 6) is -1.21. The molecule has 116 valence electrons. The Morgan fingerprint density at radius 1 is 1.32 bits per heavy atom. The van der Waals surface area contributed by atoms with Crippen LogP contribution in [-0.2, 0) is 12.6 Å². The lowest BCUT2D eigenvalue weighted by molar-refractivity contribution is -0.137. The molecule has 1 aromatic heterocycles. The van der Waals surface area contributed by atoms with Crippen molar-refractivity contribution in [1.29, 1.82) is 0 Å². The molecule has 22 heavy (non-hydrogen) atoms. The van der Waals surface area contributed by atoms with E-state index in [1.54, 1.807) is 0 Å². The van der Waals surface area contributed by atoms with Gasteiger partial charge in [-0.25, -0.2) is 14.8 Å². The van der Waals surface area contributed by atoms with Gasteiger partial charge in [-0.1, -0.05) is 17.7 Å². The van der Waals surface area contributed by atoms with Crippen LogP contribution in [0.2, 0.25) is 5.02 Å². The van der Waals surface area contributed by atoms with E-state index in [2.05, 4.69) is 9.97 Å². The largest absolute Gasteiger partial charge is 0.477 e. The Labute approximate surface area is 128 Å². The number of aromatic carboxylic acids is 1. The molecule has 0 aliphatic rings. The maximum Gasteiger partial charge on any atom is 0.417 e. The molecular formula is C14H10ClF3N2O2. The molecule has 0 fully saturated rings. The van der Waals surface area contributed by atoms with Crippen LogP contribution < -0.4 is 0 Å². The van der Waals surface area contributed by atoms with Crippen molar-refractivity contribution in [1.82, 2.24) is 9.97 Å². The average molecular weight is 331 g/mol. The number of carbonyl (C=O) groups is 1. The Hall–Kier alpha value is -2.15. The average Bonchev–Trinajstić information content (AvgIpc) is 2.41. The quantitative estimate of drug-likeness (QED) is 0.931. The van der Waals surface area contributed by atoms with E-state index in [9.17, 15) is 18.0 Å². The van der Waals surface area contributed by atoms with E-state index in [1.807, 2.05) is 0 Å². The Bertz CT molecular complexity index is 733. The predicted molar refractivity (Wildman–Crippen MR) is 73.0 cm³/mol. The molecule has 0 atom stereocenters. The van der Waals surface area contributed by atoms with E-state index in [1.165, 1.54) is 13.0 Å². The second kappa shape index (κ2) is 5.92. The molecule has 0 radical (unpaired) electrons. The first-order valence-electron chi connectivity index (χ1n) is 6.09. The van der Waals surface area contributed by atoms with Crippen molar-refractivity contribution in [2.75, 3.05) is 0 Å². The molecule has 0 aliphatic heterocycles. The summed E-state index contributed by atoms with van der Waals surface area (Å²) in [6, 6.07) is 3.54. The second-order valence-electron chi connectivity index (χ2n) is 4.59. The number of benzene rings is 1. The SMILES string of the molecule is Cc1c(Cc2ccc(Cl)c(C(F)(F)F)c2)ncnc1C(=O)O. The molecule has 0 bridgehead atoms. The fourth-order valence-corrected chi connectivity index (χ4v) is 2.20. The highest BCUT2D eigenvalue weighted by Gasteiger charge is 2.33. The van der Waals surface area contributed by atoms with E-state index < -0.39 is 17.7 Å². The number of hydrogen-bond donors (Lipinski definition) is 1. The minimum Gasteiger partial charge on any atom is -0.477 e. The van der Waals surface area contributed by atoms with Crippen molar-refractivity contribution in [3.63, 3.8) is 0 Å². The van der Waals surface area contributed by atoms with Gasteiger partial charge in [-0.15, -0.1) is 0 Å². The Kier molecular flexibility index (Phi) is 4.37. The second-order valence-corrected chi connectivity index (χ2v) is 5.00. The van der Waals surface area contributed by atoms with Crippen molar-refractivity contribution < 1.29 is 23.1 Å². The first-order valence-corrected chi connectivity index (χ1v) is 6.47. The van der Waals surface area contributed by atoms with E-state index >= 15 is 0 Å². The molecule has 1 N–H and O–H groups in total. The number of hydrogen-bond acceptors (Lipinski definition) is 3. The fourth-order valence-electron chi connectivity index (χ4n) is 1.97. The van der Waals surface area contributed by atoms with Crippen molar-refractivity contribution in [3.8, 4) is 0 Å². The molecule has 0 saturated carbocycles. The number of carboxylic acid groups (broad SMARTS) is 1. The van der Waals surface area contributed by atoms with Gasteiger partial charge in [0.15, 0.2) is 5.69 Å². The lowest BCUT2D eigenvalue weighted by atomic mass is 10.0. The van der Waals surface area contributed by atoms with E-state index in [-0.39, 0.29) is 17.1 Å². The third kappa shape index (κ3) is 3.36. The molecule has 0 spiro atoms. The number of nitrogens with zero attached hydrogens (tertiary/aromatic N) is 2. The van der Waals surface area contributed by atoms with Crippen LogP contribution >= 0.6 is 11.6 Å². The number of alkyl halides is 3. The monoisotopic (exact) mass is 330 g/mol. The van der Waals surface area contributed by atoms with Crippen molar-refractivity contribution in [2.24, 2.45) is 0 Å². The van der Waals surface area contributed by atoms with Crippen LogP contribution in [0.4, 0.5) is 13.2 Å². The van der Waals surface area contributed by atoms with Crippen molar-refractivity contribution >= 4 is 17.6 Å². The standard InChI is InChI=1S/C14H10ClF3N2O2/c1-7-11(19-6-20-12(7)13(21)22)5-8-2-3-10(15)9(4-8)14(16,17)18/h2-4,6H,5H2,1H3,(H,21,22). The molecule has 0 unspecified atom stereocenters. The lowest BCUT2D eigenvalue weighted by Crippen LogP contribution is -2.09. The minimum absolute atomic E-state index is 0.0505. The Balaban J connectivity index is 2.40. The van der Waals surface area contributed by atoms with Gasteiger partial charge in [-0.05, 0) is 24.6 Å². The van der Waals surface area contributed by atoms with Gasteiger partial charge in [0.25, 0.3) is 0 Å². The molecule has 2 rings (SSSR count). The predicted octanol–water partition coefficient (Wildman–Crippen LogP) is 3.75. The van der Waals surface area contributed by atoms with Crippen LogP contribution in [0.1, 0.15) is 32.9 Å². The normalized spacial score (nSPS) is 11.5. The van der Waals surface area contributed by atoms with Gasteiger partial charge in [-0.2, -0.15) is 13.2 Å². The highest BCUT2D eigenvalue weighted by atomic mass is 35.5. The molecule has 1 aromatic carbocycles. The minimum atomic E-state index is -4.56. The molecule has 8 heteroatoms. The van der Waals surface area contributed by atoms with Crippen LogP contribution in [0, 0.1) is 6.92 Å². The highest BCUT2D eigenvalue weighted by Crippen LogP contribution is 2.35. The van der Waals surface area contributed by atoms with Gasteiger partial charge in [0.2, 0.25) is 0 Å². The molecule has 1 heterocycles. The molecule has 4 nitrogen and oxygen atoms in total. The molecule has 0 aliphatic carbocycles. The summed E-state index contributed by atoms with van der Waals surface area (Å²) < 4.78 is 38.5. The van der Waals surface area contributed by atoms with Gasteiger partial charge in [0, 0.05) is 12.0 Å². The highest BCUT2D eigenvalue weighted by molar-refractivity contribution is 6.31. The maximum absolute atomic E-state index is 12.8. The van der Waals surface area contributed by atoms with Crippen LogP contribution in [0.3, 0.4) is 0 Å². The number of carboxylic acids is 1. The first-order chi connectivity index (χ1) is 10.2. The summed E-state index contributed by atoms with van der Waals surface area (Å²) in [5.41, 5.74) is -0.108. The summed E-state index contributed by atoms with van der Waals surface area (Å²) in [6.45, 7) is 1.51. The van der Waals surface area contributed by atoms with Crippen molar-refractivity contribution in [3.05, 3.63) is 57.6 Å². The lowest BCUT2D eigenvalue weighted by Gasteiger charge is -2.12. The number of rotatable bonds is 3. The van der Waals surface area contributed by atoms with Gasteiger partial charge >= 0.3 is 12.1 Å². The molecule has 0 saturated heterocycles. The zero-order chi connectivity index (χ0) is 16.5. The van der Waals surface area contributed by atoms with Gasteiger partial charge in [-0.3, -0.25) is 0 Å². The van der Waals surface area contributed by atoms with Crippen LogP contribution in [0.15, 0.2) is 24.5 Å². The summed E-state index contributed by atoms with van der Waals surface area (Å²) in [5, 5.41) is 8.60. The smallest absolute Gasteiger partial charge is 0.417 e. The van der Waals surface area contributed by atoms with E-state index in [4.69, 9.17) is 16.7 Å². The van der Waals surface area contributed by atoms with Crippen LogP contribution in [-0.4, -0.2) is 21.0 Å². The summed E-state index contributed by atoms with van der Waals surface area (Å²) in [7, 11) is 0. The Morgan fingerprint density at radius 2 is 2.00 bits per heavy atom. The topological polar surface area (TPSA) is 63.1 Å². The van der Waals surface area contributed by atoms with Gasteiger partial charge < -0.3 is 5.11 Å². The van der Waals surface area contributed by atoms with E-state index in [0.29, 0.717) is 16.8 Å². The molecule has 2 aromatic rings. The summed E-state index contributed by atoms with van der Waals surface area (Å²) in [4.78, 5) is 18.6. The molecular weight excluding hydrogens is 321 g/mol. The van der Waals surface area contributed by atoms with E-state index in [0.717, 1.165) is 18.5 Å². The van der Waals surface area contributed by atoms with Crippen molar-refractivity contribution in [2.45, 2.75) is 19.5 Å². The Morgan fingerprint density at radius 3 is 2.59 bits per heavy atom. The first kappa shape index (κ1) is 16.2. The number of halogens is 4. The van der Waals surface area contributed by atoms with Crippen LogP contribution in [0.5, 0.6) is 0 Å². The molecule has 0 amide bonds. The number of aromatic nitrogens is 2. The third-order valence-corrected chi connectivity index (χ3v) is 3.43. The third-order valence-electron chi connectivity index (χ3n) is 3.10.